The maximum absolute atomic E-state index is 5.60. The fourth-order valence-electron chi connectivity index (χ4n) is 3.56. The van der Waals surface area contributed by atoms with Crippen molar-refractivity contribution < 1.29 is 9.47 Å². The predicted molar refractivity (Wildman–Crippen MR) is 105 cm³/mol. The van der Waals surface area contributed by atoms with Gasteiger partial charge < -0.3 is 9.47 Å². The summed E-state index contributed by atoms with van der Waals surface area (Å²) in [5.74, 6) is 1.42. The van der Waals surface area contributed by atoms with E-state index in [2.05, 4.69) is 24.3 Å². The van der Waals surface area contributed by atoms with E-state index in [9.17, 15) is 0 Å². The van der Waals surface area contributed by atoms with Crippen molar-refractivity contribution >= 4 is 43.6 Å². The molecule has 1 heterocycles. The largest absolute Gasteiger partial charge is 0.494 e. The van der Waals surface area contributed by atoms with Gasteiger partial charge in [-0.2, -0.15) is 0 Å². The monoisotopic (exact) mass is 340 g/mol. The standard InChI is InChI=1S/C22H16N2O2/c1-25-17-11-13-7-3-5-9-15(13)19-21(17)24-22-18(26-2)12-14-8-4-6-10-16(14)20(22)23-19/h3-12H,1-2H3. The summed E-state index contributed by atoms with van der Waals surface area (Å²) in [6.45, 7) is 0. The summed E-state index contributed by atoms with van der Waals surface area (Å²) in [5, 5.41) is 4.28. The van der Waals surface area contributed by atoms with Crippen molar-refractivity contribution in [3.8, 4) is 11.5 Å². The smallest absolute Gasteiger partial charge is 0.147 e. The molecule has 126 valence electrons. The zero-order chi connectivity index (χ0) is 17.7. The molecular formula is C22H16N2O2. The van der Waals surface area contributed by atoms with Gasteiger partial charge in [0.15, 0.2) is 0 Å². The molecule has 0 amide bonds. The zero-order valence-electron chi connectivity index (χ0n) is 14.5. The Kier molecular flexibility index (Phi) is 3.19. The maximum Gasteiger partial charge on any atom is 0.147 e. The van der Waals surface area contributed by atoms with E-state index in [0.717, 1.165) is 43.6 Å². The number of benzene rings is 4. The fraction of sp³-hybridized carbons (Fsp3) is 0.0909. The summed E-state index contributed by atoms with van der Waals surface area (Å²) >= 11 is 0. The van der Waals surface area contributed by atoms with Gasteiger partial charge in [0.25, 0.3) is 0 Å². The first-order valence-corrected chi connectivity index (χ1v) is 8.43. The molecule has 26 heavy (non-hydrogen) atoms. The van der Waals surface area contributed by atoms with Crippen LogP contribution >= 0.6 is 0 Å². The van der Waals surface area contributed by atoms with E-state index in [1.807, 2.05) is 36.4 Å². The van der Waals surface area contributed by atoms with E-state index >= 15 is 0 Å². The van der Waals surface area contributed by atoms with Gasteiger partial charge in [0.2, 0.25) is 0 Å². The third-order valence-corrected chi connectivity index (χ3v) is 4.81. The Morgan fingerprint density at radius 2 is 1.00 bits per heavy atom. The van der Waals surface area contributed by atoms with Gasteiger partial charge in [-0.1, -0.05) is 48.5 Å². The highest BCUT2D eigenvalue weighted by atomic mass is 16.5. The van der Waals surface area contributed by atoms with E-state index in [-0.39, 0.29) is 0 Å². The average molecular weight is 340 g/mol. The Balaban J connectivity index is 2.07. The van der Waals surface area contributed by atoms with Crippen LogP contribution in [-0.2, 0) is 0 Å². The normalized spacial score (nSPS) is 11.5. The van der Waals surface area contributed by atoms with Crippen molar-refractivity contribution in [3.63, 3.8) is 0 Å². The van der Waals surface area contributed by atoms with Crippen LogP contribution in [0.3, 0.4) is 0 Å². The second kappa shape index (κ2) is 5.56. The van der Waals surface area contributed by atoms with Crippen LogP contribution < -0.4 is 9.47 Å². The van der Waals surface area contributed by atoms with Gasteiger partial charge in [-0.15, -0.1) is 0 Å². The first-order chi connectivity index (χ1) is 12.8. The molecule has 0 radical (unpaired) electrons. The summed E-state index contributed by atoms with van der Waals surface area (Å²) in [4.78, 5) is 9.94. The summed E-state index contributed by atoms with van der Waals surface area (Å²) in [7, 11) is 3.32. The number of ether oxygens (including phenoxy) is 2. The second-order valence-electron chi connectivity index (χ2n) is 6.22. The minimum atomic E-state index is 0.711. The molecule has 0 aliphatic carbocycles. The SMILES string of the molecule is COc1cc2ccccc2c2nc3c(nc12)c(OC)cc1ccccc13. The molecule has 0 bridgehead atoms. The molecule has 4 nitrogen and oxygen atoms in total. The van der Waals surface area contributed by atoms with E-state index in [0.29, 0.717) is 11.5 Å². The lowest BCUT2D eigenvalue weighted by atomic mass is 10.1. The minimum Gasteiger partial charge on any atom is -0.494 e. The molecule has 0 fully saturated rings. The molecular weight excluding hydrogens is 324 g/mol. The topological polar surface area (TPSA) is 44.2 Å². The molecule has 4 heteroatoms. The van der Waals surface area contributed by atoms with Gasteiger partial charge in [-0.05, 0) is 22.9 Å². The molecule has 0 saturated carbocycles. The summed E-state index contributed by atoms with van der Waals surface area (Å²) < 4.78 is 11.2. The molecule has 0 aliphatic rings. The highest BCUT2D eigenvalue weighted by Crippen LogP contribution is 2.37. The van der Waals surface area contributed by atoms with Crippen LogP contribution in [0, 0.1) is 0 Å². The number of aromatic nitrogens is 2. The quantitative estimate of drug-likeness (QED) is 0.331. The molecule has 0 saturated heterocycles. The predicted octanol–water partition coefficient (Wildman–Crippen LogP) is 5.11. The minimum absolute atomic E-state index is 0.711. The van der Waals surface area contributed by atoms with Gasteiger partial charge in [-0.3, -0.25) is 0 Å². The number of nitrogens with zero attached hydrogens (tertiary/aromatic N) is 2. The zero-order valence-corrected chi connectivity index (χ0v) is 14.5. The van der Waals surface area contributed by atoms with Gasteiger partial charge in [0.1, 0.15) is 33.6 Å². The Morgan fingerprint density at radius 3 is 1.46 bits per heavy atom. The molecule has 0 unspecified atom stereocenters. The fourth-order valence-corrected chi connectivity index (χ4v) is 3.56. The summed E-state index contributed by atoms with van der Waals surface area (Å²) in [6, 6.07) is 20.3. The third-order valence-electron chi connectivity index (χ3n) is 4.81. The van der Waals surface area contributed by atoms with Crippen LogP contribution in [0.5, 0.6) is 11.5 Å². The van der Waals surface area contributed by atoms with E-state index in [1.54, 1.807) is 14.2 Å². The first-order valence-electron chi connectivity index (χ1n) is 8.43. The van der Waals surface area contributed by atoms with Gasteiger partial charge >= 0.3 is 0 Å². The van der Waals surface area contributed by atoms with Gasteiger partial charge in [0, 0.05) is 10.8 Å². The lowest BCUT2D eigenvalue weighted by Gasteiger charge is -2.12. The molecule has 0 N–H and O–H groups in total. The Morgan fingerprint density at radius 1 is 0.577 bits per heavy atom. The first kappa shape index (κ1) is 14.9. The number of hydrogen-bond donors (Lipinski definition) is 0. The van der Waals surface area contributed by atoms with Crippen molar-refractivity contribution in [1.29, 1.82) is 0 Å². The van der Waals surface area contributed by atoms with Gasteiger partial charge in [0.05, 0.1) is 14.2 Å². The third kappa shape index (κ3) is 2.02. The maximum atomic E-state index is 5.60. The van der Waals surface area contributed by atoms with E-state index < -0.39 is 0 Å². The van der Waals surface area contributed by atoms with Crippen LogP contribution in [0.25, 0.3) is 43.6 Å². The van der Waals surface area contributed by atoms with Crippen LogP contribution in [0.15, 0.2) is 60.7 Å². The molecule has 1 aromatic heterocycles. The van der Waals surface area contributed by atoms with Crippen molar-refractivity contribution in [1.82, 2.24) is 9.97 Å². The van der Waals surface area contributed by atoms with Gasteiger partial charge in [-0.25, -0.2) is 9.97 Å². The van der Waals surface area contributed by atoms with Crippen LogP contribution in [-0.4, -0.2) is 24.2 Å². The summed E-state index contributed by atoms with van der Waals surface area (Å²) in [6.07, 6.45) is 0. The van der Waals surface area contributed by atoms with Crippen LogP contribution in [0.1, 0.15) is 0 Å². The van der Waals surface area contributed by atoms with E-state index in [4.69, 9.17) is 19.4 Å². The van der Waals surface area contributed by atoms with Crippen LogP contribution in [0.2, 0.25) is 0 Å². The Labute approximate surface area is 150 Å². The lowest BCUT2D eigenvalue weighted by Crippen LogP contribution is -1.96. The van der Waals surface area contributed by atoms with Crippen molar-refractivity contribution in [3.05, 3.63) is 60.7 Å². The Hall–Kier alpha value is -3.40. The number of hydrogen-bond acceptors (Lipinski definition) is 4. The lowest BCUT2D eigenvalue weighted by molar-refractivity contribution is 0.417. The highest BCUT2D eigenvalue weighted by Gasteiger charge is 2.16. The van der Waals surface area contributed by atoms with Crippen molar-refractivity contribution in [2.45, 2.75) is 0 Å². The summed E-state index contributed by atoms with van der Waals surface area (Å²) in [5.41, 5.74) is 3.16. The number of rotatable bonds is 2. The number of fused-ring (bicyclic) bond motifs is 6. The molecule has 5 aromatic rings. The molecule has 5 rings (SSSR count). The highest BCUT2D eigenvalue weighted by molar-refractivity contribution is 6.13. The average Bonchev–Trinajstić information content (AvgIpc) is 2.71. The Bertz CT molecular complexity index is 1210. The second-order valence-corrected chi connectivity index (χ2v) is 6.22. The van der Waals surface area contributed by atoms with Crippen LogP contribution in [0.4, 0.5) is 0 Å². The van der Waals surface area contributed by atoms with Crippen molar-refractivity contribution in [2.24, 2.45) is 0 Å². The van der Waals surface area contributed by atoms with E-state index in [1.165, 1.54) is 0 Å². The molecule has 0 aliphatic heterocycles. The molecule has 0 spiro atoms. The number of methoxy groups -OCH3 is 2. The van der Waals surface area contributed by atoms with Crippen molar-refractivity contribution in [2.75, 3.05) is 14.2 Å². The molecule has 0 atom stereocenters. The molecule has 4 aromatic carbocycles.